The average Bonchev–Trinajstić information content (AvgIpc) is 2.81. The molecule has 34 heavy (non-hydrogen) atoms. The number of piperidine rings is 2. The zero-order chi connectivity index (χ0) is 24.6. The van der Waals surface area contributed by atoms with Crippen LogP contribution in [-0.2, 0) is 19.9 Å². The molecule has 0 saturated carbocycles. The van der Waals surface area contributed by atoms with Crippen molar-refractivity contribution >= 4 is 11.8 Å². The van der Waals surface area contributed by atoms with E-state index in [4.69, 9.17) is 4.74 Å². The van der Waals surface area contributed by atoms with E-state index in [1.165, 1.54) is 29.2 Å². The molecular formula is C25H27F3N2O4. The summed E-state index contributed by atoms with van der Waals surface area (Å²) in [4.78, 5) is 26.9. The Bertz CT molecular complexity index is 1050. The zero-order valence-electron chi connectivity index (χ0n) is 18.8. The number of alkyl halides is 3. The number of hydrogen-bond acceptors (Lipinski definition) is 4. The molecule has 1 spiro atoms. The van der Waals surface area contributed by atoms with Crippen molar-refractivity contribution in [2.45, 2.75) is 37.0 Å². The van der Waals surface area contributed by atoms with Crippen molar-refractivity contribution in [3.05, 3.63) is 65.7 Å². The summed E-state index contributed by atoms with van der Waals surface area (Å²) in [5.74, 6) is -1.41. The Kier molecular flexibility index (Phi) is 6.33. The van der Waals surface area contributed by atoms with E-state index in [1.54, 1.807) is 30.3 Å². The van der Waals surface area contributed by atoms with Gasteiger partial charge >= 0.3 is 6.18 Å². The van der Waals surface area contributed by atoms with E-state index in [0.29, 0.717) is 24.9 Å². The highest BCUT2D eigenvalue weighted by atomic mass is 19.4. The molecule has 2 amide bonds. The minimum absolute atomic E-state index is 0.0459. The first kappa shape index (κ1) is 24.1. The smallest absolute Gasteiger partial charge is 0.430 e. The Morgan fingerprint density at radius 3 is 2.29 bits per heavy atom. The highest BCUT2D eigenvalue weighted by molar-refractivity contribution is 5.88. The summed E-state index contributed by atoms with van der Waals surface area (Å²) in [5, 5.41) is 13.3. The third-order valence-corrected chi connectivity index (χ3v) is 7.30. The highest BCUT2D eigenvalue weighted by Gasteiger charge is 2.64. The summed E-state index contributed by atoms with van der Waals surface area (Å²) in [5.41, 5.74) is -3.27. The molecule has 2 heterocycles. The Morgan fingerprint density at radius 1 is 1.09 bits per heavy atom. The van der Waals surface area contributed by atoms with Crippen molar-refractivity contribution in [1.29, 1.82) is 0 Å². The molecule has 2 aliphatic heterocycles. The number of hydrogen-bond donors (Lipinski definition) is 2. The summed E-state index contributed by atoms with van der Waals surface area (Å²) in [6, 6.07) is 13.8. The minimum atomic E-state index is -4.97. The lowest BCUT2D eigenvalue weighted by Gasteiger charge is -2.50. The predicted molar refractivity (Wildman–Crippen MR) is 118 cm³/mol. The van der Waals surface area contributed by atoms with Crippen LogP contribution in [0.3, 0.4) is 0 Å². The summed E-state index contributed by atoms with van der Waals surface area (Å²) in [6.07, 6.45) is -4.13. The van der Waals surface area contributed by atoms with Crippen LogP contribution in [0, 0.1) is 5.41 Å². The molecule has 0 radical (unpaired) electrons. The predicted octanol–water partition coefficient (Wildman–Crippen LogP) is 3.71. The molecule has 2 aromatic rings. The molecule has 2 aliphatic rings. The number of rotatable bonds is 4. The number of nitrogens with one attached hydrogen (secondary N) is 1. The van der Waals surface area contributed by atoms with Crippen LogP contribution < -0.4 is 5.32 Å². The number of methoxy groups -OCH3 is 1. The Morgan fingerprint density at radius 2 is 1.71 bits per heavy atom. The van der Waals surface area contributed by atoms with Gasteiger partial charge in [-0.05, 0) is 29.9 Å². The number of halogens is 3. The maximum Gasteiger partial charge on any atom is 0.430 e. The van der Waals surface area contributed by atoms with E-state index >= 15 is 0 Å². The van der Waals surface area contributed by atoms with Gasteiger partial charge in [0.2, 0.25) is 5.91 Å². The topological polar surface area (TPSA) is 78.9 Å². The summed E-state index contributed by atoms with van der Waals surface area (Å²) < 4.78 is 48.0. The van der Waals surface area contributed by atoms with Crippen molar-refractivity contribution in [1.82, 2.24) is 10.2 Å². The fraction of sp³-hybridized carbons (Fsp3) is 0.440. The first-order valence-corrected chi connectivity index (χ1v) is 11.2. The lowest BCUT2D eigenvalue weighted by atomic mass is 9.62. The second kappa shape index (κ2) is 8.94. The molecule has 182 valence electrons. The van der Waals surface area contributed by atoms with Crippen LogP contribution in [0.25, 0.3) is 0 Å². The maximum atomic E-state index is 14.3. The van der Waals surface area contributed by atoms with Crippen LogP contribution in [0.1, 0.15) is 36.3 Å². The van der Waals surface area contributed by atoms with Gasteiger partial charge in [0.15, 0.2) is 0 Å². The van der Waals surface area contributed by atoms with E-state index in [0.717, 1.165) is 7.11 Å². The van der Waals surface area contributed by atoms with Gasteiger partial charge in [-0.25, -0.2) is 0 Å². The van der Waals surface area contributed by atoms with Crippen molar-refractivity contribution in [3.63, 3.8) is 0 Å². The van der Waals surface area contributed by atoms with Gasteiger partial charge in [0.1, 0.15) is 5.75 Å². The lowest BCUT2D eigenvalue weighted by molar-refractivity contribution is -0.271. The molecule has 6 nitrogen and oxygen atoms in total. The number of likely N-dealkylation sites (tertiary alicyclic amines) is 1. The molecule has 2 saturated heterocycles. The van der Waals surface area contributed by atoms with Crippen LogP contribution in [-0.4, -0.2) is 54.7 Å². The number of benzene rings is 2. The standard InChI is InChI=1S/C25H27F3N2O4/c1-34-24(25(26,27)28,17-7-3-2-4-8-17)22(33)30-13-11-23(12-14-30)15-21(32)29-16-19(23)18-9-5-6-10-20(18)31/h2-10,19,31H,11-16H2,1H3,(H,29,32)/t19-,24+/m0/s1. The number of phenols is 1. The number of aromatic hydroxyl groups is 1. The van der Waals surface area contributed by atoms with Crippen LogP contribution in [0.15, 0.2) is 54.6 Å². The van der Waals surface area contributed by atoms with E-state index in [1.807, 2.05) is 0 Å². The van der Waals surface area contributed by atoms with Gasteiger partial charge in [0.05, 0.1) is 0 Å². The number of nitrogens with zero attached hydrogens (tertiary/aromatic N) is 1. The summed E-state index contributed by atoms with van der Waals surface area (Å²) in [6.45, 7) is 0.410. The fourth-order valence-corrected chi connectivity index (χ4v) is 5.47. The number of para-hydroxylation sites is 1. The molecule has 9 heteroatoms. The maximum absolute atomic E-state index is 14.3. The van der Waals surface area contributed by atoms with E-state index in [2.05, 4.69) is 5.32 Å². The van der Waals surface area contributed by atoms with Crippen molar-refractivity contribution < 1.29 is 32.6 Å². The van der Waals surface area contributed by atoms with Gasteiger partial charge in [-0.3, -0.25) is 9.59 Å². The van der Waals surface area contributed by atoms with Gasteiger partial charge < -0.3 is 20.1 Å². The average molecular weight is 476 g/mol. The van der Waals surface area contributed by atoms with Gasteiger partial charge in [-0.2, -0.15) is 13.2 Å². The first-order chi connectivity index (χ1) is 16.1. The second-order valence-electron chi connectivity index (χ2n) is 9.00. The molecule has 2 N–H and O–H groups in total. The fourth-order valence-electron chi connectivity index (χ4n) is 5.47. The lowest BCUT2D eigenvalue weighted by Crippen LogP contribution is -2.60. The zero-order valence-corrected chi connectivity index (χ0v) is 18.8. The molecule has 0 aliphatic carbocycles. The first-order valence-electron chi connectivity index (χ1n) is 11.2. The largest absolute Gasteiger partial charge is 0.508 e. The van der Waals surface area contributed by atoms with Gasteiger partial charge in [-0.15, -0.1) is 0 Å². The third-order valence-electron chi connectivity index (χ3n) is 7.30. The SMILES string of the molecule is CO[C@@](C(=O)N1CCC2(CC1)CC(=O)NC[C@H]2c1ccccc1O)(c1ccccc1)C(F)(F)F. The Balaban J connectivity index is 1.63. The van der Waals surface area contributed by atoms with E-state index in [9.17, 15) is 27.9 Å². The van der Waals surface area contributed by atoms with Gasteiger partial charge in [0.25, 0.3) is 11.5 Å². The number of carbonyl (C=O) groups is 2. The third kappa shape index (κ3) is 3.91. The Hall–Kier alpha value is -3.07. The second-order valence-corrected chi connectivity index (χ2v) is 9.00. The van der Waals surface area contributed by atoms with Gasteiger partial charge in [0, 0.05) is 44.6 Å². The molecular weight excluding hydrogens is 449 g/mol. The molecule has 4 rings (SSSR count). The van der Waals surface area contributed by atoms with Crippen molar-refractivity contribution in [2.75, 3.05) is 26.7 Å². The van der Waals surface area contributed by atoms with E-state index < -0.39 is 23.1 Å². The summed E-state index contributed by atoms with van der Waals surface area (Å²) >= 11 is 0. The highest BCUT2D eigenvalue weighted by Crippen LogP contribution is 2.51. The summed E-state index contributed by atoms with van der Waals surface area (Å²) in [7, 11) is 0.892. The monoisotopic (exact) mass is 476 g/mol. The number of ether oxygens (including phenoxy) is 1. The number of amides is 2. The Labute approximate surface area is 195 Å². The van der Waals surface area contributed by atoms with Crippen LogP contribution >= 0.6 is 0 Å². The molecule has 2 aromatic carbocycles. The van der Waals surface area contributed by atoms with Crippen LogP contribution in [0.2, 0.25) is 0 Å². The quantitative estimate of drug-likeness (QED) is 0.705. The van der Waals surface area contributed by atoms with Crippen LogP contribution in [0.4, 0.5) is 13.2 Å². The number of carbonyl (C=O) groups excluding carboxylic acids is 2. The molecule has 0 unspecified atom stereocenters. The molecule has 2 fully saturated rings. The normalized spacial score (nSPS) is 22.2. The van der Waals surface area contributed by atoms with Crippen LogP contribution in [0.5, 0.6) is 5.75 Å². The van der Waals surface area contributed by atoms with E-state index in [-0.39, 0.29) is 42.6 Å². The molecule has 0 bridgehead atoms. The molecule has 2 atom stereocenters. The number of phenolic OH excluding ortho intramolecular Hbond substituents is 1. The van der Waals surface area contributed by atoms with Crippen molar-refractivity contribution in [2.24, 2.45) is 5.41 Å². The molecule has 0 aromatic heterocycles. The van der Waals surface area contributed by atoms with Crippen molar-refractivity contribution in [3.8, 4) is 5.75 Å². The minimum Gasteiger partial charge on any atom is -0.508 e. The van der Waals surface area contributed by atoms with Gasteiger partial charge in [-0.1, -0.05) is 48.5 Å².